The lowest BCUT2D eigenvalue weighted by Gasteiger charge is -2.14. The molecule has 0 saturated heterocycles. The number of rotatable bonds is 12. The van der Waals surface area contributed by atoms with Crippen LogP contribution in [-0.2, 0) is 40.1 Å². The first-order valence-electron chi connectivity index (χ1n) is 9.00. The average molecular weight is 414 g/mol. The van der Waals surface area contributed by atoms with E-state index in [4.69, 9.17) is 11.4 Å². The van der Waals surface area contributed by atoms with Crippen molar-refractivity contribution in [1.82, 2.24) is 0 Å². The van der Waals surface area contributed by atoms with E-state index in [-0.39, 0.29) is 0 Å². The second kappa shape index (κ2) is 12.4. The normalized spacial score (nSPS) is 10.6. The Labute approximate surface area is 169 Å². The van der Waals surface area contributed by atoms with E-state index < -0.39 is 87.4 Å². The van der Waals surface area contributed by atoms with Gasteiger partial charge in [-0.1, -0.05) is 41.5 Å². The van der Waals surface area contributed by atoms with Gasteiger partial charge in [0.2, 0.25) is 0 Å². The van der Waals surface area contributed by atoms with E-state index >= 15 is 0 Å². The SMILES string of the molecule is CC(C)C(=O)CC(=O)[O][Al]([O]C(=O)CC(=O)C(C)C)[O]C(=O)CC(=O)C(C)C. The highest BCUT2D eigenvalue weighted by Gasteiger charge is 2.49. The van der Waals surface area contributed by atoms with Crippen LogP contribution < -0.4 is 0 Å². The maximum atomic E-state index is 11.9. The molecular formula is C18H27AlO9. The highest BCUT2D eigenvalue weighted by Crippen LogP contribution is 2.08. The van der Waals surface area contributed by atoms with Gasteiger partial charge in [-0.2, -0.15) is 0 Å². The molecule has 0 atom stereocenters. The van der Waals surface area contributed by atoms with Crippen molar-refractivity contribution in [3.05, 3.63) is 0 Å². The maximum Gasteiger partial charge on any atom is 1.20 e. The Morgan fingerprint density at radius 2 is 0.750 bits per heavy atom. The van der Waals surface area contributed by atoms with Crippen molar-refractivity contribution in [1.29, 1.82) is 0 Å². The number of hydrogen-bond donors (Lipinski definition) is 0. The largest absolute Gasteiger partial charge is 1.20 e. The second-order valence-corrected chi connectivity index (χ2v) is 8.44. The van der Waals surface area contributed by atoms with E-state index in [2.05, 4.69) is 0 Å². The van der Waals surface area contributed by atoms with Crippen LogP contribution in [0.25, 0.3) is 0 Å². The van der Waals surface area contributed by atoms with Crippen LogP contribution >= 0.6 is 0 Å². The van der Waals surface area contributed by atoms with Crippen molar-refractivity contribution >= 4 is 50.4 Å². The molecule has 0 aromatic heterocycles. The summed E-state index contributed by atoms with van der Waals surface area (Å²) in [6.45, 7) is 9.58. The number of Topliss-reactive ketones (excluding diaryl/α,β-unsaturated/α-hetero) is 3. The lowest BCUT2D eigenvalue weighted by atomic mass is 10.1. The molecule has 0 aliphatic carbocycles. The molecule has 28 heavy (non-hydrogen) atoms. The Morgan fingerprint density at radius 3 is 0.929 bits per heavy atom. The van der Waals surface area contributed by atoms with Gasteiger partial charge in [-0.05, 0) is 0 Å². The minimum Gasteiger partial charge on any atom is -0.550 e. The van der Waals surface area contributed by atoms with Gasteiger partial charge in [-0.15, -0.1) is 0 Å². The Bertz CT molecular complexity index is 537. The van der Waals surface area contributed by atoms with Crippen molar-refractivity contribution in [3.8, 4) is 0 Å². The van der Waals surface area contributed by atoms with Gasteiger partial charge in [-0.25, -0.2) is 0 Å². The molecule has 0 aliphatic rings. The van der Waals surface area contributed by atoms with Crippen LogP contribution in [0.1, 0.15) is 60.8 Å². The minimum absolute atomic E-state index is 0.402. The van der Waals surface area contributed by atoms with E-state index in [1.54, 1.807) is 41.5 Å². The predicted octanol–water partition coefficient (Wildman–Crippen LogP) is 1.45. The summed E-state index contributed by atoms with van der Waals surface area (Å²) < 4.78 is 14.6. The molecule has 0 aromatic rings. The number of carbonyl (C=O) groups excluding carboxylic acids is 6. The highest BCUT2D eigenvalue weighted by atomic mass is 27.3. The lowest BCUT2D eigenvalue weighted by Crippen LogP contribution is -2.36. The molecule has 0 aromatic carbocycles. The van der Waals surface area contributed by atoms with Crippen molar-refractivity contribution in [2.75, 3.05) is 0 Å². The van der Waals surface area contributed by atoms with Crippen molar-refractivity contribution in [3.63, 3.8) is 0 Å². The third-order valence-corrected chi connectivity index (χ3v) is 4.94. The summed E-state index contributed by atoms with van der Waals surface area (Å²) in [6.07, 6.45) is -1.73. The summed E-state index contributed by atoms with van der Waals surface area (Å²) in [4.78, 5) is 70.5. The van der Waals surface area contributed by atoms with Gasteiger partial charge in [0.1, 0.15) is 36.6 Å². The van der Waals surface area contributed by atoms with Crippen LogP contribution in [0.15, 0.2) is 0 Å². The Hall–Kier alpha value is -2.05. The van der Waals surface area contributed by atoms with Gasteiger partial charge in [0.15, 0.2) is 0 Å². The third kappa shape index (κ3) is 10.9. The second-order valence-electron chi connectivity index (χ2n) is 7.15. The predicted molar refractivity (Wildman–Crippen MR) is 97.4 cm³/mol. The summed E-state index contributed by atoms with van der Waals surface area (Å²) in [5.74, 6) is -5.48. The van der Waals surface area contributed by atoms with Crippen molar-refractivity contribution in [2.24, 2.45) is 17.8 Å². The molecule has 9 nitrogen and oxygen atoms in total. The zero-order valence-electron chi connectivity index (χ0n) is 17.1. The molecule has 0 fully saturated rings. The number of hydrogen-bond acceptors (Lipinski definition) is 9. The van der Waals surface area contributed by atoms with E-state index in [9.17, 15) is 28.8 Å². The van der Waals surface area contributed by atoms with E-state index in [0.717, 1.165) is 0 Å². The molecule has 0 N–H and O–H groups in total. The molecule has 156 valence electrons. The summed E-state index contributed by atoms with van der Waals surface area (Å²) >= 11 is -3.68. The smallest absolute Gasteiger partial charge is 0.550 e. The molecule has 0 aliphatic heterocycles. The first kappa shape index (κ1) is 26.0. The number of ketones is 3. The highest BCUT2D eigenvalue weighted by molar-refractivity contribution is 6.44. The molecule has 0 heterocycles. The summed E-state index contributed by atoms with van der Waals surface area (Å²) in [7, 11) is 0. The lowest BCUT2D eigenvalue weighted by molar-refractivity contribution is -0.149. The molecule has 0 rings (SSSR count). The first-order valence-corrected chi connectivity index (χ1v) is 10.4. The zero-order valence-corrected chi connectivity index (χ0v) is 18.3. The fourth-order valence-electron chi connectivity index (χ4n) is 1.56. The van der Waals surface area contributed by atoms with E-state index in [1.807, 2.05) is 0 Å². The summed E-state index contributed by atoms with van der Waals surface area (Å²) in [5.41, 5.74) is 0. The van der Waals surface area contributed by atoms with Crippen LogP contribution in [0.2, 0.25) is 0 Å². The zero-order chi connectivity index (χ0) is 22.0. The average Bonchev–Trinajstić information content (AvgIpc) is 2.53. The molecule has 0 bridgehead atoms. The first-order chi connectivity index (χ1) is 12.8. The quantitative estimate of drug-likeness (QED) is 0.344. The molecule has 0 unspecified atom stereocenters. The molecular weight excluding hydrogens is 387 g/mol. The van der Waals surface area contributed by atoms with Gasteiger partial charge < -0.3 is 11.4 Å². The fourth-order valence-corrected chi connectivity index (χ4v) is 2.60. The van der Waals surface area contributed by atoms with E-state index in [1.165, 1.54) is 0 Å². The monoisotopic (exact) mass is 414 g/mol. The van der Waals surface area contributed by atoms with Crippen LogP contribution in [0.5, 0.6) is 0 Å². The molecule has 0 saturated carbocycles. The summed E-state index contributed by atoms with van der Waals surface area (Å²) in [6, 6.07) is 0. The van der Waals surface area contributed by atoms with Gasteiger partial charge in [0.05, 0.1) is 0 Å². The number of carbonyl (C=O) groups is 6. The van der Waals surface area contributed by atoms with Crippen LogP contribution in [0.3, 0.4) is 0 Å². The van der Waals surface area contributed by atoms with Crippen LogP contribution in [-0.4, -0.2) is 50.4 Å². The van der Waals surface area contributed by atoms with Crippen molar-refractivity contribution in [2.45, 2.75) is 60.8 Å². The Balaban J connectivity index is 5.04. The Kier molecular flexibility index (Phi) is 11.5. The molecule has 0 spiro atoms. The minimum atomic E-state index is -3.68. The summed E-state index contributed by atoms with van der Waals surface area (Å²) in [5, 5.41) is 0. The van der Waals surface area contributed by atoms with Gasteiger partial charge in [0.25, 0.3) is 17.9 Å². The van der Waals surface area contributed by atoms with Gasteiger partial charge >= 0.3 is 15.1 Å². The van der Waals surface area contributed by atoms with Crippen LogP contribution in [0, 0.1) is 17.8 Å². The topological polar surface area (TPSA) is 130 Å². The van der Waals surface area contributed by atoms with Crippen molar-refractivity contribution < 1.29 is 40.1 Å². The van der Waals surface area contributed by atoms with Crippen LogP contribution in [0.4, 0.5) is 0 Å². The molecule has 10 heteroatoms. The third-order valence-electron chi connectivity index (χ3n) is 3.57. The van der Waals surface area contributed by atoms with Gasteiger partial charge in [0, 0.05) is 17.8 Å². The maximum absolute atomic E-state index is 11.9. The molecule has 0 amide bonds. The standard InChI is InChI=1S/3C6H10O3.Al/c3*1-4(2)5(7)3-6(8)9;/h3*4H,3H2,1-2H3,(H,8,9);/q;;;+3/p-3. The van der Waals surface area contributed by atoms with Gasteiger partial charge in [-0.3, -0.25) is 28.8 Å². The molecule has 0 radical (unpaired) electrons. The Morgan fingerprint density at radius 1 is 0.536 bits per heavy atom. The van der Waals surface area contributed by atoms with E-state index in [0.29, 0.717) is 0 Å². The fraction of sp³-hybridized carbons (Fsp3) is 0.667.